The van der Waals surface area contributed by atoms with Crippen molar-refractivity contribution in [1.82, 2.24) is 30.9 Å². The van der Waals surface area contributed by atoms with E-state index < -0.39 is 0 Å². The van der Waals surface area contributed by atoms with E-state index >= 15 is 0 Å². The first-order chi connectivity index (χ1) is 7.66. The number of hydrogen-bond donors (Lipinski definition) is 2. The molecule has 1 amide bonds. The average Bonchev–Trinajstić information content (AvgIpc) is 2.84. The van der Waals surface area contributed by atoms with Crippen molar-refractivity contribution in [3.8, 4) is 0 Å². The number of rotatable bonds is 3. The molecular weight excluding hydrogens is 228 g/mol. The zero-order valence-corrected chi connectivity index (χ0v) is 9.63. The van der Waals surface area contributed by atoms with Crippen molar-refractivity contribution in [2.45, 2.75) is 20.4 Å². The van der Waals surface area contributed by atoms with Crippen molar-refractivity contribution < 1.29 is 4.79 Å². The number of nitrogens with one attached hydrogen (secondary N) is 2. The summed E-state index contributed by atoms with van der Waals surface area (Å²) in [4.78, 5) is 16.6. The fourth-order valence-electron chi connectivity index (χ4n) is 1.24. The van der Waals surface area contributed by atoms with Gasteiger partial charge in [0.2, 0.25) is 0 Å². The predicted octanol–water partition coefficient (Wildman–Crippen LogP) is 0.203. The fourth-order valence-corrected chi connectivity index (χ4v) is 2.08. The smallest absolute Gasteiger partial charge is 0.263 e. The third kappa shape index (κ3) is 2.22. The van der Waals surface area contributed by atoms with Crippen molar-refractivity contribution in [3.05, 3.63) is 21.4 Å². The van der Waals surface area contributed by atoms with E-state index in [0.29, 0.717) is 10.7 Å². The molecular formula is C8H10N6OS. The highest BCUT2D eigenvalue weighted by Gasteiger charge is 2.13. The van der Waals surface area contributed by atoms with Gasteiger partial charge >= 0.3 is 0 Å². The maximum absolute atomic E-state index is 11.7. The monoisotopic (exact) mass is 238 g/mol. The van der Waals surface area contributed by atoms with E-state index in [-0.39, 0.29) is 12.5 Å². The molecule has 0 spiro atoms. The van der Waals surface area contributed by atoms with Gasteiger partial charge in [0.25, 0.3) is 5.91 Å². The molecule has 2 aromatic rings. The highest BCUT2D eigenvalue weighted by molar-refractivity contribution is 7.13. The molecule has 2 N–H and O–H groups in total. The van der Waals surface area contributed by atoms with E-state index in [1.54, 1.807) is 0 Å². The molecule has 0 bridgehead atoms. The van der Waals surface area contributed by atoms with Gasteiger partial charge in [-0.25, -0.2) is 4.98 Å². The molecule has 0 fully saturated rings. The van der Waals surface area contributed by atoms with Crippen molar-refractivity contribution in [2.75, 3.05) is 0 Å². The lowest BCUT2D eigenvalue weighted by atomic mass is 10.3. The Balaban J connectivity index is 2.01. The summed E-state index contributed by atoms with van der Waals surface area (Å²) in [6.07, 6.45) is 0. The summed E-state index contributed by atoms with van der Waals surface area (Å²) in [7, 11) is 0. The summed E-state index contributed by atoms with van der Waals surface area (Å²) in [5, 5.41) is 16.8. The van der Waals surface area contributed by atoms with Gasteiger partial charge in [0.15, 0.2) is 5.82 Å². The zero-order chi connectivity index (χ0) is 11.5. The van der Waals surface area contributed by atoms with Crippen LogP contribution >= 0.6 is 11.3 Å². The van der Waals surface area contributed by atoms with Gasteiger partial charge in [-0.1, -0.05) is 5.21 Å². The summed E-state index contributed by atoms with van der Waals surface area (Å²) in [6.45, 7) is 3.94. The van der Waals surface area contributed by atoms with Gasteiger partial charge in [-0.15, -0.1) is 21.5 Å². The summed E-state index contributed by atoms with van der Waals surface area (Å²) in [5.41, 5.74) is 0.744. The predicted molar refractivity (Wildman–Crippen MR) is 56.9 cm³/mol. The Labute approximate surface area is 95.3 Å². The Kier molecular flexibility index (Phi) is 2.91. The second-order valence-electron chi connectivity index (χ2n) is 3.16. The molecule has 0 atom stereocenters. The second-order valence-corrected chi connectivity index (χ2v) is 4.36. The third-order valence-electron chi connectivity index (χ3n) is 1.91. The fraction of sp³-hybridized carbons (Fsp3) is 0.375. The normalized spacial score (nSPS) is 10.4. The molecule has 0 aliphatic carbocycles. The lowest BCUT2D eigenvalue weighted by Crippen LogP contribution is -2.23. The van der Waals surface area contributed by atoms with Crippen molar-refractivity contribution in [3.63, 3.8) is 0 Å². The molecule has 0 aliphatic heterocycles. The van der Waals surface area contributed by atoms with E-state index in [1.165, 1.54) is 11.3 Å². The van der Waals surface area contributed by atoms with Gasteiger partial charge in [-0.05, 0) is 13.8 Å². The molecule has 0 saturated heterocycles. The first kappa shape index (κ1) is 10.7. The largest absolute Gasteiger partial charge is 0.344 e. The number of aromatic nitrogens is 5. The maximum Gasteiger partial charge on any atom is 0.263 e. The number of carbonyl (C=O) groups is 1. The van der Waals surface area contributed by atoms with E-state index in [0.717, 1.165) is 10.7 Å². The summed E-state index contributed by atoms with van der Waals surface area (Å²) in [6, 6.07) is 0. The van der Waals surface area contributed by atoms with Crippen LogP contribution in [0.4, 0.5) is 0 Å². The number of aromatic amines is 1. The van der Waals surface area contributed by atoms with Crippen LogP contribution in [-0.2, 0) is 6.54 Å². The van der Waals surface area contributed by atoms with E-state index in [1.807, 2.05) is 13.8 Å². The maximum atomic E-state index is 11.7. The van der Waals surface area contributed by atoms with E-state index in [9.17, 15) is 4.79 Å². The molecule has 0 aliphatic rings. The topological polar surface area (TPSA) is 96.5 Å². The number of nitrogens with zero attached hydrogens (tertiary/aromatic N) is 4. The van der Waals surface area contributed by atoms with Crippen LogP contribution in [0.5, 0.6) is 0 Å². The molecule has 84 valence electrons. The molecule has 0 saturated carbocycles. The first-order valence-corrected chi connectivity index (χ1v) is 5.43. The molecule has 2 heterocycles. The Bertz CT molecular complexity index is 491. The van der Waals surface area contributed by atoms with Crippen LogP contribution in [0.2, 0.25) is 0 Å². The summed E-state index contributed by atoms with van der Waals surface area (Å²) >= 11 is 1.37. The number of amides is 1. The van der Waals surface area contributed by atoms with Crippen LogP contribution < -0.4 is 5.32 Å². The Morgan fingerprint density at radius 1 is 1.50 bits per heavy atom. The molecule has 16 heavy (non-hydrogen) atoms. The molecule has 0 unspecified atom stereocenters. The highest BCUT2D eigenvalue weighted by atomic mass is 32.1. The zero-order valence-electron chi connectivity index (χ0n) is 8.81. The number of aryl methyl sites for hydroxylation is 2. The van der Waals surface area contributed by atoms with Crippen molar-refractivity contribution in [1.29, 1.82) is 0 Å². The van der Waals surface area contributed by atoms with E-state index in [4.69, 9.17) is 0 Å². The Hall–Kier alpha value is -1.83. The number of hydrogen-bond acceptors (Lipinski definition) is 6. The van der Waals surface area contributed by atoms with Gasteiger partial charge in [0.05, 0.1) is 17.2 Å². The van der Waals surface area contributed by atoms with Crippen LogP contribution in [0.1, 0.15) is 26.2 Å². The van der Waals surface area contributed by atoms with Crippen LogP contribution in [-0.4, -0.2) is 31.5 Å². The highest BCUT2D eigenvalue weighted by Crippen LogP contribution is 2.16. The van der Waals surface area contributed by atoms with Crippen LogP contribution in [0.25, 0.3) is 0 Å². The second kappa shape index (κ2) is 4.35. The Morgan fingerprint density at radius 2 is 2.31 bits per heavy atom. The Morgan fingerprint density at radius 3 is 2.88 bits per heavy atom. The third-order valence-corrected chi connectivity index (χ3v) is 2.98. The quantitative estimate of drug-likeness (QED) is 0.796. The minimum absolute atomic E-state index is 0.159. The summed E-state index contributed by atoms with van der Waals surface area (Å²) in [5.74, 6) is 0.292. The molecule has 2 aromatic heterocycles. The number of H-pyrrole nitrogens is 1. The van der Waals surface area contributed by atoms with Gasteiger partial charge in [-0.2, -0.15) is 5.21 Å². The lowest BCUT2D eigenvalue weighted by Gasteiger charge is -1.99. The van der Waals surface area contributed by atoms with Gasteiger partial charge in [0, 0.05) is 0 Å². The van der Waals surface area contributed by atoms with Crippen LogP contribution in [0.15, 0.2) is 0 Å². The molecule has 2 rings (SSSR count). The lowest BCUT2D eigenvalue weighted by molar-refractivity contribution is 0.0953. The van der Waals surface area contributed by atoms with E-state index in [2.05, 4.69) is 30.9 Å². The van der Waals surface area contributed by atoms with Gasteiger partial charge in [-0.3, -0.25) is 4.79 Å². The molecule has 0 aromatic carbocycles. The SMILES string of the molecule is Cc1nc(C)c(C(=O)NCc2nn[nH]n2)s1. The molecule has 0 radical (unpaired) electrons. The van der Waals surface area contributed by atoms with Crippen LogP contribution in [0, 0.1) is 13.8 Å². The minimum atomic E-state index is -0.159. The minimum Gasteiger partial charge on any atom is -0.344 e. The van der Waals surface area contributed by atoms with Crippen molar-refractivity contribution >= 4 is 17.2 Å². The summed E-state index contributed by atoms with van der Waals surface area (Å²) < 4.78 is 0. The number of carbonyl (C=O) groups excluding carboxylic acids is 1. The average molecular weight is 238 g/mol. The van der Waals surface area contributed by atoms with Gasteiger partial charge < -0.3 is 5.32 Å². The molecule has 8 heteroatoms. The number of thiazole rings is 1. The van der Waals surface area contributed by atoms with Gasteiger partial charge in [0.1, 0.15) is 4.88 Å². The number of tetrazole rings is 1. The molecule has 7 nitrogen and oxygen atoms in total. The standard InChI is InChI=1S/C8H10N6OS/c1-4-7(16-5(2)10-4)8(15)9-3-6-11-13-14-12-6/h3H2,1-2H3,(H,9,15)(H,11,12,13,14). The van der Waals surface area contributed by atoms with Crippen LogP contribution in [0.3, 0.4) is 0 Å². The first-order valence-electron chi connectivity index (χ1n) is 4.61. The van der Waals surface area contributed by atoms with Crippen molar-refractivity contribution in [2.24, 2.45) is 0 Å².